The number of nitrogens with zero attached hydrogens (tertiary/aromatic N) is 2. The molecule has 21 heavy (non-hydrogen) atoms. The summed E-state index contributed by atoms with van der Waals surface area (Å²) in [7, 11) is 1.54. The summed E-state index contributed by atoms with van der Waals surface area (Å²) in [6.45, 7) is 8.21. The molecule has 1 aliphatic heterocycles. The van der Waals surface area contributed by atoms with Crippen molar-refractivity contribution in [3.05, 3.63) is 0 Å². The van der Waals surface area contributed by atoms with E-state index in [1.807, 2.05) is 0 Å². The monoisotopic (exact) mass is 306 g/mol. The largest absolute Gasteiger partial charge is 0.397 e. The zero-order chi connectivity index (χ0) is 16.0. The second-order valence-corrected chi connectivity index (χ2v) is 7.46. The Bertz CT molecular complexity index is 389. The summed E-state index contributed by atoms with van der Waals surface area (Å²) in [5.74, 6) is -0.205. The highest BCUT2D eigenvalue weighted by Crippen LogP contribution is 2.42. The molecule has 3 atom stereocenters. The molecule has 1 heterocycles. The average molecular weight is 306 g/mol. The van der Waals surface area contributed by atoms with E-state index in [4.69, 9.17) is 0 Å². The molecule has 122 valence electrons. The van der Waals surface area contributed by atoms with E-state index in [1.165, 1.54) is 11.9 Å². The third-order valence-electron chi connectivity index (χ3n) is 4.92. The van der Waals surface area contributed by atoms with Crippen LogP contribution in [0.25, 0.3) is 0 Å². The molecule has 6 heteroatoms. The first-order chi connectivity index (χ1) is 9.49. The number of amides is 1. The van der Waals surface area contributed by atoms with Crippen LogP contribution < -0.4 is 0 Å². The van der Waals surface area contributed by atoms with Crippen molar-refractivity contribution in [2.75, 3.05) is 20.1 Å². The molecule has 1 saturated heterocycles. The molecule has 0 aromatic heterocycles. The quantitative estimate of drug-likeness (QED) is 0.783. The lowest BCUT2D eigenvalue weighted by atomic mass is 9.88. The predicted molar refractivity (Wildman–Crippen MR) is 74.8 cm³/mol. The van der Waals surface area contributed by atoms with Gasteiger partial charge in [0, 0.05) is 31.7 Å². The van der Waals surface area contributed by atoms with E-state index in [9.17, 15) is 18.0 Å². The summed E-state index contributed by atoms with van der Waals surface area (Å²) in [5.41, 5.74) is 0.0698. The van der Waals surface area contributed by atoms with Crippen molar-refractivity contribution < 1.29 is 18.0 Å². The molecule has 1 saturated carbocycles. The highest BCUT2D eigenvalue weighted by Gasteiger charge is 2.47. The van der Waals surface area contributed by atoms with Crippen LogP contribution in [0.4, 0.5) is 13.2 Å². The smallest absolute Gasteiger partial charge is 0.342 e. The Kier molecular flexibility index (Phi) is 4.30. The first kappa shape index (κ1) is 16.6. The van der Waals surface area contributed by atoms with Gasteiger partial charge in [0.15, 0.2) is 0 Å². The van der Waals surface area contributed by atoms with Gasteiger partial charge in [0.25, 0.3) is 0 Å². The van der Waals surface area contributed by atoms with Gasteiger partial charge < -0.3 is 4.90 Å². The van der Waals surface area contributed by atoms with Gasteiger partial charge in [-0.15, -0.1) is 0 Å². The van der Waals surface area contributed by atoms with E-state index in [1.54, 1.807) is 0 Å². The summed E-state index contributed by atoms with van der Waals surface area (Å²) < 4.78 is 37.2. The molecule has 1 aliphatic carbocycles. The van der Waals surface area contributed by atoms with Crippen LogP contribution >= 0.6 is 0 Å². The summed E-state index contributed by atoms with van der Waals surface area (Å²) in [4.78, 5) is 15.6. The standard InChI is InChI=1S/C15H25F3N2O/c1-14(2,3)20-8-10-5-6-11(9-20)13(10)19(4)12(21)7-15(16,17)18/h10-11,13H,5-9H2,1-4H3/t10-,11+,13?. The number of fused-ring (bicyclic) bond motifs is 2. The molecule has 0 N–H and O–H groups in total. The predicted octanol–water partition coefficient (Wildman–Crippen LogP) is 2.91. The third-order valence-corrected chi connectivity index (χ3v) is 4.92. The van der Waals surface area contributed by atoms with Gasteiger partial charge in [-0.2, -0.15) is 13.2 Å². The molecule has 1 unspecified atom stereocenters. The van der Waals surface area contributed by atoms with Crippen LogP contribution in [0.15, 0.2) is 0 Å². The van der Waals surface area contributed by atoms with Crippen molar-refractivity contribution in [3.8, 4) is 0 Å². The minimum Gasteiger partial charge on any atom is -0.342 e. The van der Waals surface area contributed by atoms with Gasteiger partial charge in [-0.05, 0) is 45.4 Å². The maximum absolute atomic E-state index is 12.4. The first-order valence-corrected chi connectivity index (χ1v) is 7.56. The number of rotatable bonds is 2. The molecular formula is C15H25F3N2O. The lowest BCUT2D eigenvalue weighted by molar-refractivity contribution is -0.164. The average Bonchev–Trinajstić information content (AvgIpc) is 2.54. The van der Waals surface area contributed by atoms with Gasteiger partial charge in [-0.25, -0.2) is 0 Å². The number of halogens is 3. The van der Waals surface area contributed by atoms with Crippen LogP contribution in [0.3, 0.4) is 0 Å². The molecule has 1 amide bonds. The Hall–Kier alpha value is -0.780. The molecule has 0 aromatic rings. The Morgan fingerprint density at radius 1 is 1.14 bits per heavy atom. The highest BCUT2D eigenvalue weighted by molar-refractivity contribution is 5.77. The van der Waals surface area contributed by atoms with Crippen molar-refractivity contribution in [1.29, 1.82) is 0 Å². The van der Waals surface area contributed by atoms with E-state index >= 15 is 0 Å². The molecule has 2 aliphatic rings. The SMILES string of the molecule is CN(C(=O)CC(F)(F)F)C1[C@@H]2CC[C@H]1CN(C(C)(C)C)C2. The van der Waals surface area contributed by atoms with E-state index < -0.39 is 18.5 Å². The summed E-state index contributed by atoms with van der Waals surface area (Å²) in [5, 5.41) is 0. The summed E-state index contributed by atoms with van der Waals surface area (Å²) >= 11 is 0. The van der Waals surface area contributed by atoms with E-state index in [-0.39, 0.29) is 11.6 Å². The fraction of sp³-hybridized carbons (Fsp3) is 0.933. The molecule has 3 nitrogen and oxygen atoms in total. The lowest BCUT2D eigenvalue weighted by Crippen LogP contribution is -2.57. The van der Waals surface area contributed by atoms with Crippen molar-refractivity contribution >= 4 is 5.91 Å². The van der Waals surface area contributed by atoms with Crippen LogP contribution in [-0.2, 0) is 4.79 Å². The Morgan fingerprint density at radius 3 is 2.00 bits per heavy atom. The van der Waals surface area contributed by atoms with Gasteiger partial charge in [0.1, 0.15) is 6.42 Å². The number of hydrogen-bond acceptors (Lipinski definition) is 2. The van der Waals surface area contributed by atoms with Gasteiger partial charge in [-0.1, -0.05) is 0 Å². The molecule has 2 fully saturated rings. The lowest BCUT2D eigenvalue weighted by Gasteiger charge is -2.47. The molecule has 0 radical (unpaired) electrons. The topological polar surface area (TPSA) is 23.6 Å². The van der Waals surface area contributed by atoms with Crippen LogP contribution in [-0.4, -0.2) is 53.6 Å². The molecular weight excluding hydrogens is 281 g/mol. The zero-order valence-electron chi connectivity index (χ0n) is 13.2. The fourth-order valence-corrected chi connectivity index (χ4v) is 3.84. The van der Waals surface area contributed by atoms with E-state index in [0.29, 0.717) is 11.8 Å². The number of alkyl halides is 3. The van der Waals surface area contributed by atoms with Gasteiger partial charge in [0.05, 0.1) is 0 Å². The maximum Gasteiger partial charge on any atom is 0.397 e. The van der Waals surface area contributed by atoms with Gasteiger partial charge in [0.2, 0.25) is 5.91 Å². The Morgan fingerprint density at radius 2 is 1.62 bits per heavy atom. The van der Waals surface area contributed by atoms with Crippen LogP contribution in [0.2, 0.25) is 0 Å². The van der Waals surface area contributed by atoms with Crippen LogP contribution in [0, 0.1) is 11.8 Å². The number of likely N-dealkylation sites (tertiary alicyclic amines) is 1. The molecule has 0 aromatic carbocycles. The molecule has 2 rings (SSSR count). The second kappa shape index (κ2) is 5.45. The van der Waals surface area contributed by atoms with Crippen molar-refractivity contribution in [2.45, 2.75) is 57.8 Å². The van der Waals surface area contributed by atoms with Crippen LogP contribution in [0.5, 0.6) is 0 Å². The number of carbonyl (C=O) groups excluding carboxylic acids is 1. The maximum atomic E-state index is 12.4. The minimum absolute atomic E-state index is 0.0292. The second-order valence-electron chi connectivity index (χ2n) is 7.46. The third kappa shape index (κ3) is 3.71. The van der Waals surface area contributed by atoms with Crippen molar-refractivity contribution in [2.24, 2.45) is 11.8 Å². The fourth-order valence-electron chi connectivity index (χ4n) is 3.84. The molecule has 0 spiro atoms. The van der Waals surface area contributed by atoms with Crippen LogP contribution in [0.1, 0.15) is 40.0 Å². The van der Waals surface area contributed by atoms with E-state index in [0.717, 1.165) is 25.9 Å². The Labute approximate surface area is 124 Å². The van der Waals surface area contributed by atoms with Crippen molar-refractivity contribution in [3.63, 3.8) is 0 Å². The summed E-state index contributed by atoms with van der Waals surface area (Å²) in [6.07, 6.45) is -3.75. The van der Waals surface area contributed by atoms with Gasteiger partial charge >= 0.3 is 6.18 Å². The number of carbonyl (C=O) groups is 1. The first-order valence-electron chi connectivity index (χ1n) is 7.56. The highest BCUT2D eigenvalue weighted by atomic mass is 19.4. The minimum atomic E-state index is -4.42. The molecule has 2 bridgehead atoms. The zero-order valence-corrected chi connectivity index (χ0v) is 13.2. The van der Waals surface area contributed by atoms with Crippen molar-refractivity contribution in [1.82, 2.24) is 9.80 Å². The number of hydrogen-bond donors (Lipinski definition) is 0. The Balaban J connectivity index is 2.05. The normalized spacial score (nSPS) is 30.5. The number of piperidine rings is 1. The summed E-state index contributed by atoms with van der Waals surface area (Å²) in [6, 6.07) is -0.0292. The van der Waals surface area contributed by atoms with Gasteiger partial charge in [-0.3, -0.25) is 9.69 Å². The van der Waals surface area contributed by atoms with E-state index in [2.05, 4.69) is 25.7 Å².